The summed E-state index contributed by atoms with van der Waals surface area (Å²) in [6.07, 6.45) is 0.775. The lowest BCUT2D eigenvalue weighted by atomic mass is 10.00. The van der Waals surface area contributed by atoms with Gasteiger partial charge < -0.3 is 15.0 Å². The van der Waals surface area contributed by atoms with Crippen molar-refractivity contribution in [3.63, 3.8) is 0 Å². The van der Waals surface area contributed by atoms with E-state index in [2.05, 4.69) is 11.4 Å². The van der Waals surface area contributed by atoms with Gasteiger partial charge in [-0.2, -0.15) is 0 Å². The van der Waals surface area contributed by atoms with Gasteiger partial charge in [0.1, 0.15) is 5.75 Å². The summed E-state index contributed by atoms with van der Waals surface area (Å²) in [7, 11) is 0. The summed E-state index contributed by atoms with van der Waals surface area (Å²) in [5.74, 6) is -0.331. The Morgan fingerprint density at radius 3 is 2.67 bits per heavy atom. The first kappa shape index (κ1) is 19.0. The second kappa shape index (κ2) is 8.25. The molecule has 1 aliphatic rings. The highest BCUT2D eigenvalue weighted by Gasteiger charge is 2.27. The molecule has 5 nitrogen and oxygen atoms in total. The van der Waals surface area contributed by atoms with Gasteiger partial charge in [0.2, 0.25) is 0 Å². The summed E-state index contributed by atoms with van der Waals surface area (Å²) in [6.45, 7) is 7.36. The van der Waals surface area contributed by atoms with E-state index in [1.54, 1.807) is 4.90 Å². The van der Waals surface area contributed by atoms with Gasteiger partial charge in [0, 0.05) is 18.7 Å². The number of nitrogens with one attached hydrogen (secondary N) is 1. The zero-order valence-electron chi connectivity index (χ0n) is 16.1. The first-order chi connectivity index (χ1) is 13.0. The number of aryl methyl sites for hydroxylation is 1. The molecule has 0 saturated carbocycles. The number of rotatable bonds is 4. The lowest BCUT2D eigenvalue weighted by Gasteiger charge is -2.29. The molecule has 27 heavy (non-hydrogen) atoms. The van der Waals surface area contributed by atoms with Gasteiger partial charge in [-0.1, -0.05) is 42.0 Å². The van der Waals surface area contributed by atoms with Crippen molar-refractivity contribution >= 4 is 11.8 Å². The van der Waals surface area contributed by atoms with Crippen molar-refractivity contribution in [2.24, 2.45) is 0 Å². The highest BCUT2D eigenvalue weighted by molar-refractivity contribution is 6.35. The average molecular weight is 366 g/mol. The van der Waals surface area contributed by atoms with Crippen LogP contribution in [-0.2, 0) is 22.6 Å². The molecule has 0 aliphatic carbocycles. The largest absolute Gasteiger partial charge is 0.494 e. The number of hydrogen-bond donors (Lipinski definition) is 1. The smallest absolute Gasteiger partial charge is 0.312 e. The van der Waals surface area contributed by atoms with Crippen molar-refractivity contribution in [1.29, 1.82) is 0 Å². The summed E-state index contributed by atoms with van der Waals surface area (Å²) in [4.78, 5) is 26.8. The SMILES string of the molecule is CCOc1ccc(C)cc1C(C)NC(=O)C(=O)N1CCc2ccccc2C1. The van der Waals surface area contributed by atoms with Crippen LogP contribution in [0.3, 0.4) is 0 Å². The van der Waals surface area contributed by atoms with E-state index in [9.17, 15) is 9.59 Å². The third-order valence-electron chi connectivity index (χ3n) is 4.89. The van der Waals surface area contributed by atoms with Crippen LogP contribution in [0.25, 0.3) is 0 Å². The molecule has 2 amide bonds. The van der Waals surface area contributed by atoms with Crippen molar-refractivity contribution in [3.8, 4) is 5.75 Å². The number of carbonyl (C=O) groups is 2. The van der Waals surface area contributed by atoms with Crippen molar-refractivity contribution in [2.45, 2.75) is 39.8 Å². The van der Waals surface area contributed by atoms with Crippen molar-refractivity contribution in [3.05, 3.63) is 64.7 Å². The predicted octanol–water partition coefficient (Wildman–Crippen LogP) is 3.16. The summed E-state index contributed by atoms with van der Waals surface area (Å²) in [6, 6.07) is 13.6. The van der Waals surface area contributed by atoms with Crippen LogP contribution in [0.5, 0.6) is 5.75 Å². The minimum Gasteiger partial charge on any atom is -0.494 e. The first-order valence-corrected chi connectivity index (χ1v) is 9.39. The van der Waals surface area contributed by atoms with Gasteiger partial charge in [0.05, 0.1) is 12.6 Å². The number of benzene rings is 2. The quantitative estimate of drug-likeness (QED) is 0.846. The van der Waals surface area contributed by atoms with Crippen LogP contribution in [-0.4, -0.2) is 29.9 Å². The molecule has 1 atom stereocenters. The van der Waals surface area contributed by atoms with Crippen LogP contribution >= 0.6 is 0 Å². The maximum Gasteiger partial charge on any atom is 0.312 e. The van der Waals surface area contributed by atoms with Crippen LogP contribution in [0.4, 0.5) is 0 Å². The Balaban J connectivity index is 1.68. The Labute approximate surface area is 160 Å². The van der Waals surface area contributed by atoms with Gasteiger partial charge in [-0.15, -0.1) is 0 Å². The van der Waals surface area contributed by atoms with Gasteiger partial charge in [-0.3, -0.25) is 9.59 Å². The van der Waals surface area contributed by atoms with Gasteiger partial charge >= 0.3 is 11.8 Å². The minimum absolute atomic E-state index is 0.319. The first-order valence-electron chi connectivity index (χ1n) is 9.39. The normalized spacial score (nSPS) is 14.3. The fourth-order valence-electron chi connectivity index (χ4n) is 3.44. The lowest BCUT2D eigenvalue weighted by molar-refractivity contribution is -0.146. The molecule has 5 heteroatoms. The lowest BCUT2D eigenvalue weighted by Crippen LogP contribution is -2.45. The average Bonchev–Trinajstić information content (AvgIpc) is 2.68. The Bertz CT molecular complexity index is 847. The highest BCUT2D eigenvalue weighted by Crippen LogP contribution is 2.26. The standard InChI is InChI=1S/C22H26N2O3/c1-4-27-20-10-9-15(2)13-19(20)16(3)23-21(25)22(26)24-12-11-17-7-5-6-8-18(17)14-24/h5-10,13,16H,4,11-12,14H2,1-3H3,(H,23,25). The van der Waals surface area contributed by atoms with E-state index in [-0.39, 0.29) is 6.04 Å². The highest BCUT2D eigenvalue weighted by atomic mass is 16.5. The molecule has 3 rings (SSSR count). The Morgan fingerprint density at radius 1 is 1.19 bits per heavy atom. The molecule has 0 fully saturated rings. The fourth-order valence-corrected chi connectivity index (χ4v) is 3.44. The number of carbonyl (C=O) groups excluding carboxylic acids is 2. The summed E-state index contributed by atoms with van der Waals surface area (Å²) in [5, 5.41) is 2.83. The van der Waals surface area contributed by atoms with Crippen molar-refractivity contribution < 1.29 is 14.3 Å². The molecule has 0 bridgehead atoms. The molecule has 0 aromatic heterocycles. The maximum atomic E-state index is 12.6. The van der Waals surface area contributed by atoms with Crippen LogP contribution in [0.15, 0.2) is 42.5 Å². The Kier molecular flexibility index (Phi) is 5.79. The molecule has 1 aliphatic heterocycles. The summed E-state index contributed by atoms with van der Waals surface area (Å²) >= 11 is 0. The predicted molar refractivity (Wildman–Crippen MR) is 104 cm³/mol. The minimum atomic E-state index is -0.578. The molecule has 142 valence electrons. The monoisotopic (exact) mass is 366 g/mol. The van der Waals surface area contributed by atoms with E-state index in [0.29, 0.717) is 19.7 Å². The second-order valence-electron chi connectivity index (χ2n) is 6.91. The van der Waals surface area contributed by atoms with Crippen LogP contribution in [0.2, 0.25) is 0 Å². The molecule has 1 heterocycles. The molecular formula is C22H26N2O3. The van der Waals surface area contributed by atoms with Crippen LogP contribution < -0.4 is 10.1 Å². The number of amides is 2. The molecule has 1 unspecified atom stereocenters. The fraction of sp³-hybridized carbons (Fsp3) is 0.364. The molecule has 0 spiro atoms. The van der Waals surface area contributed by atoms with E-state index in [1.165, 1.54) is 5.56 Å². The molecule has 2 aromatic rings. The van der Waals surface area contributed by atoms with E-state index >= 15 is 0 Å². The van der Waals surface area contributed by atoms with Gasteiger partial charge in [0.25, 0.3) is 0 Å². The maximum absolute atomic E-state index is 12.6. The molecule has 2 aromatic carbocycles. The van der Waals surface area contributed by atoms with Crippen LogP contribution in [0.1, 0.15) is 42.1 Å². The van der Waals surface area contributed by atoms with E-state index in [4.69, 9.17) is 4.74 Å². The summed E-state index contributed by atoms with van der Waals surface area (Å²) in [5.41, 5.74) is 4.31. The van der Waals surface area contributed by atoms with Gasteiger partial charge in [-0.25, -0.2) is 0 Å². The Morgan fingerprint density at radius 2 is 1.93 bits per heavy atom. The molecule has 1 N–H and O–H groups in total. The topological polar surface area (TPSA) is 58.6 Å². The third-order valence-corrected chi connectivity index (χ3v) is 4.89. The Hall–Kier alpha value is -2.82. The van der Waals surface area contributed by atoms with Crippen molar-refractivity contribution in [1.82, 2.24) is 10.2 Å². The third kappa shape index (κ3) is 4.30. The molecule has 0 saturated heterocycles. The van der Waals surface area contributed by atoms with Crippen molar-refractivity contribution in [2.75, 3.05) is 13.2 Å². The zero-order chi connectivity index (χ0) is 19.4. The van der Waals surface area contributed by atoms with Crippen LogP contribution in [0, 0.1) is 6.92 Å². The number of nitrogens with zero attached hydrogens (tertiary/aromatic N) is 1. The summed E-state index contributed by atoms with van der Waals surface area (Å²) < 4.78 is 5.66. The zero-order valence-corrected chi connectivity index (χ0v) is 16.1. The van der Waals surface area contributed by atoms with E-state index < -0.39 is 11.8 Å². The second-order valence-corrected chi connectivity index (χ2v) is 6.91. The molecule has 0 radical (unpaired) electrons. The number of fused-ring (bicyclic) bond motifs is 1. The number of hydrogen-bond acceptors (Lipinski definition) is 3. The van der Waals surface area contributed by atoms with E-state index in [1.807, 2.05) is 57.2 Å². The molecular weight excluding hydrogens is 340 g/mol. The van der Waals surface area contributed by atoms with Gasteiger partial charge in [-0.05, 0) is 44.4 Å². The van der Waals surface area contributed by atoms with Gasteiger partial charge in [0.15, 0.2) is 0 Å². The number of ether oxygens (including phenoxy) is 1. The van der Waals surface area contributed by atoms with E-state index in [0.717, 1.165) is 28.9 Å².